The highest BCUT2D eigenvalue weighted by molar-refractivity contribution is 14.1. The van der Waals surface area contributed by atoms with Gasteiger partial charge >= 0.3 is 0 Å². The molecule has 1 amide bonds. The molecular weight excluding hydrogens is 409 g/mol. The minimum Gasteiger partial charge on any atom is -0.320 e. The van der Waals surface area contributed by atoms with Crippen molar-refractivity contribution in [2.45, 2.75) is 0 Å². The van der Waals surface area contributed by atoms with E-state index >= 15 is 0 Å². The van der Waals surface area contributed by atoms with Crippen molar-refractivity contribution in [1.29, 1.82) is 0 Å². The van der Waals surface area contributed by atoms with E-state index in [0.29, 0.717) is 22.0 Å². The van der Waals surface area contributed by atoms with Crippen LogP contribution in [0.15, 0.2) is 45.1 Å². The van der Waals surface area contributed by atoms with Crippen LogP contribution < -0.4 is 5.32 Å². The number of fused-ring (bicyclic) bond motifs is 1. The fraction of sp³-hybridized carbons (Fsp3) is 0. The van der Waals surface area contributed by atoms with Crippen molar-refractivity contribution in [3.8, 4) is 0 Å². The van der Waals surface area contributed by atoms with Crippen molar-refractivity contribution in [2.75, 3.05) is 5.32 Å². The van der Waals surface area contributed by atoms with Gasteiger partial charge in [0.15, 0.2) is 0 Å². The molecule has 2 aromatic rings. The lowest BCUT2D eigenvalue weighted by atomic mass is 10.2. The number of amides is 1. The van der Waals surface area contributed by atoms with Crippen LogP contribution in [0.1, 0.15) is 10.4 Å². The van der Waals surface area contributed by atoms with Gasteiger partial charge in [0.25, 0.3) is 5.91 Å². The van der Waals surface area contributed by atoms with Gasteiger partial charge in [0.05, 0.1) is 22.1 Å². The number of hydrogen-bond acceptors (Lipinski definition) is 3. The van der Waals surface area contributed by atoms with E-state index in [1.807, 2.05) is 18.2 Å². The van der Waals surface area contributed by atoms with E-state index in [1.165, 1.54) is 0 Å². The summed E-state index contributed by atoms with van der Waals surface area (Å²) in [5.74, 6) is -0.219. The predicted octanol–water partition coefficient (Wildman–Crippen LogP) is 4.92. The summed E-state index contributed by atoms with van der Waals surface area (Å²) >= 11 is 9.27. The maximum absolute atomic E-state index is 12.2. The molecule has 1 aliphatic heterocycles. The first-order valence-corrected chi connectivity index (χ1v) is 7.81. The standard InChI is InChI=1S/C13H7ClIN3OS/c14-8-6-7(4-5-9(8)15)13(19)16-10-2-1-3-11-12(10)18-20-17-11/h1-6H,(H,16,19). The van der Waals surface area contributed by atoms with Gasteiger partial charge in [-0.15, -0.1) is 0 Å². The quantitative estimate of drug-likeness (QED) is 0.593. The van der Waals surface area contributed by atoms with Gasteiger partial charge < -0.3 is 5.32 Å². The van der Waals surface area contributed by atoms with E-state index in [9.17, 15) is 4.79 Å². The summed E-state index contributed by atoms with van der Waals surface area (Å²) in [6.07, 6.45) is 0. The van der Waals surface area contributed by atoms with Crippen LogP contribution in [-0.4, -0.2) is 5.91 Å². The molecule has 0 fully saturated rings. The van der Waals surface area contributed by atoms with Crippen molar-refractivity contribution in [2.24, 2.45) is 8.73 Å². The molecule has 3 rings (SSSR count). The van der Waals surface area contributed by atoms with Gasteiger partial charge in [-0.25, -0.2) is 0 Å². The molecule has 0 atom stereocenters. The van der Waals surface area contributed by atoms with Crippen LogP contribution in [0.25, 0.3) is 0 Å². The Morgan fingerprint density at radius 1 is 1.25 bits per heavy atom. The summed E-state index contributed by atoms with van der Waals surface area (Å²) < 4.78 is 9.24. The third-order valence-electron chi connectivity index (χ3n) is 2.72. The zero-order valence-corrected chi connectivity index (χ0v) is 13.7. The van der Waals surface area contributed by atoms with E-state index in [2.05, 4.69) is 36.6 Å². The van der Waals surface area contributed by atoms with Crippen molar-refractivity contribution < 1.29 is 4.79 Å². The van der Waals surface area contributed by atoms with Gasteiger partial charge in [-0.3, -0.25) is 4.79 Å². The first-order valence-electron chi connectivity index (χ1n) is 5.63. The average Bonchev–Trinajstić information content (AvgIpc) is 2.91. The molecule has 0 bridgehead atoms. The second-order valence-corrected chi connectivity index (χ2v) is 6.12. The Morgan fingerprint density at radius 2 is 2.10 bits per heavy atom. The van der Waals surface area contributed by atoms with Gasteiger partial charge in [-0.05, 0) is 52.9 Å². The lowest BCUT2D eigenvalue weighted by molar-refractivity contribution is 0.102. The van der Waals surface area contributed by atoms with E-state index in [4.69, 9.17) is 11.6 Å². The molecule has 4 nitrogen and oxygen atoms in total. The molecule has 0 spiro atoms. The number of hydrogen-bond donors (Lipinski definition) is 1. The zero-order valence-electron chi connectivity index (χ0n) is 9.93. The summed E-state index contributed by atoms with van der Waals surface area (Å²) in [4.78, 5) is 12.2. The van der Waals surface area contributed by atoms with Crippen LogP contribution >= 0.6 is 34.2 Å². The SMILES string of the molecule is O=C(Nc1cccc2c1N=S=N2)c1ccc(I)c(Cl)c1. The number of halogens is 2. The van der Waals surface area contributed by atoms with Gasteiger partial charge in [0, 0.05) is 9.13 Å². The Morgan fingerprint density at radius 3 is 2.90 bits per heavy atom. The van der Waals surface area contributed by atoms with E-state index in [-0.39, 0.29) is 5.91 Å². The Kier molecular flexibility index (Phi) is 3.86. The average molecular weight is 416 g/mol. The Balaban J connectivity index is 1.88. The normalized spacial score (nSPS) is 11.9. The minimum atomic E-state index is -0.219. The van der Waals surface area contributed by atoms with Crippen LogP contribution in [-0.2, 0) is 11.4 Å². The topological polar surface area (TPSA) is 53.8 Å². The lowest BCUT2D eigenvalue weighted by Gasteiger charge is -2.08. The Bertz CT molecular complexity index is 787. The molecule has 1 aliphatic rings. The van der Waals surface area contributed by atoms with Crippen molar-refractivity contribution in [3.63, 3.8) is 0 Å². The van der Waals surface area contributed by atoms with Crippen molar-refractivity contribution in [3.05, 3.63) is 50.6 Å². The fourth-order valence-electron chi connectivity index (χ4n) is 1.74. The number of nitrogens with one attached hydrogen (secondary N) is 1. The molecule has 20 heavy (non-hydrogen) atoms. The van der Waals surface area contributed by atoms with E-state index in [0.717, 1.165) is 20.6 Å². The molecule has 1 N–H and O–H groups in total. The van der Waals surface area contributed by atoms with Crippen molar-refractivity contribution >= 4 is 68.5 Å². The number of nitrogens with zero attached hydrogens (tertiary/aromatic N) is 2. The highest BCUT2D eigenvalue weighted by atomic mass is 127. The lowest BCUT2D eigenvalue weighted by Crippen LogP contribution is -2.12. The molecule has 0 saturated carbocycles. The van der Waals surface area contributed by atoms with Crippen LogP contribution in [0.2, 0.25) is 5.02 Å². The maximum Gasteiger partial charge on any atom is 0.255 e. The molecule has 0 aromatic heterocycles. The second-order valence-electron chi connectivity index (χ2n) is 4.02. The number of rotatable bonds is 2. The maximum atomic E-state index is 12.2. The molecule has 0 saturated heterocycles. The first-order chi connectivity index (χ1) is 9.65. The third-order valence-corrected chi connectivity index (χ3v) is 4.83. The smallest absolute Gasteiger partial charge is 0.255 e. The largest absolute Gasteiger partial charge is 0.320 e. The summed E-state index contributed by atoms with van der Waals surface area (Å²) in [7, 11) is 0. The molecule has 0 unspecified atom stereocenters. The van der Waals surface area contributed by atoms with Gasteiger partial charge in [-0.2, -0.15) is 8.73 Å². The molecule has 2 aromatic carbocycles. The summed E-state index contributed by atoms with van der Waals surface area (Å²) in [5, 5.41) is 3.40. The highest BCUT2D eigenvalue weighted by Gasteiger charge is 2.14. The van der Waals surface area contributed by atoms with Crippen LogP contribution in [0.4, 0.5) is 17.1 Å². The number of carbonyl (C=O) groups is 1. The monoisotopic (exact) mass is 415 g/mol. The highest BCUT2D eigenvalue weighted by Crippen LogP contribution is 2.38. The van der Waals surface area contributed by atoms with Crippen LogP contribution in [0.3, 0.4) is 0 Å². The zero-order chi connectivity index (χ0) is 14.1. The molecular formula is C13H7ClIN3OS. The minimum absolute atomic E-state index is 0.219. The third kappa shape index (κ3) is 2.63. The van der Waals surface area contributed by atoms with Crippen LogP contribution in [0.5, 0.6) is 0 Å². The van der Waals surface area contributed by atoms with Gasteiger partial charge in [0.2, 0.25) is 0 Å². The number of benzene rings is 2. The summed E-state index contributed by atoms with van der Waals surface area (Å²) in [6.45, 7) is 0. The van der Waals surface area contributed by atoms with Crippen LogP contribution in [0, 0.1) is 3.57 Å². The predicted molar refractivity (Wildman–Crippen MR) is 90.1 cm³/mol. The van der Waals surface area contributed by atoms with Gasteiger partial charge in [0.1, 0.15) is 11.4 Å². The molecule has 0 radical (unpaired) electrons. The Labute approximate surface area is 137 Å². The summed E-state index contributed by atoms with van der Waals surface area (Å²) in [6, 6.07) is 10.7. The molecule has 0 aliphatic carbocycles. The molecule has 7 heteroatoms. The number of anilines is 1. The van der Waals surface area contributed by atoms with Gasteiger partial charge in [-0.1, -0.05) is 17.7 Å². The second kappa shape index (κ2) is 5.63. The molecule has 100 valence electrons. The van der Waals surface area contributed by atoms with Crippen molar-refractivity contribution in [1.82, 2.24) is 0 Å². The molecule has 1 heterocycles. The Hall–Kier alpha value is -1.25. The first kappa shape index (κ1) is 13.7. The van der Waals surface area contributed by atoms with E-state index in [1.54, 1.807) is 18.2 Å². The van der Waals surface area contributed by atoms with E-state index < -0.39 is 0 Å². The fourth-order valence-corrected chi connectivity index (χ4v) is 2.80. The summed E-state index contributed by atoms with van der Waals surface area (Å²) in [5.41, 5.74) is 2.63. The number of carbonyl (C=O) groups excluding carboxylic acids is 1.